The fourth-order valence-corrected chi connectivity index (χ4v) is 0. The molecule has 0 fully saturated rings. The lowest BCUT2D eigenvalue weighted by atomic mass is 11.0. The van der Waals surface area contributed by atoms with Crippen molar-refractivity contribution in [2.75, 3.05) is 0 Å². The van der Waals surface area contributed by atoms with Crippen LogP contribution in [0.1, 0.15) is 141 Å². The molecular weight excluding hydrogens is 240 g/mol. The molecular formula is C20H66. The Bertz CT molecular complexity index is 0. The zero-order chi connectivity index (χ0) is 14.0. The largest absolute Gasteiger partial charge is 0.0776 e. The summed E-state index contributed by atoms with van der Waals surface area (Å²) in [4.78, 5) is 0. The minimum absolute atomic E-state index is 0. The van der Waals surface area contributed by atoms with Crippen LogP contribution in [0, 0.1) is 0 Å². The molecule has 0 atom stereocenters. The van der Waals surface area contributed by atoms with E-state index in [0.29, 0.717) is 0 Å². The van der Waals surface area contributed by atoms with Crippen molar-refractivity contribution in [2.24, 2.45) is 0 Å². The van der Waals surface area contributed by atoms with Gasteiger partial charge in [-0.2, -0.15) is 0 Å². The Labute approximate surface area is 142 Å². The molecule has 0 saturated heterocycles. The Kier molecular flexibility index (Phi) is 0. The Morgan fingerprint density at radius 2 is 0.150 bits per heavy atom. The molecule has 0 amide bonds. The molecule has 0 saturated carbocycles. The first kappa shape index (κ1) is 147. The molecule has 0 aromatic carbocycles. The van der Waals surface area contributed by atoms with Gasteiger partial charge in [0.2, 0.25) is 0 Å². The summed E-state index contributed by atoms with van der Waals surface area (Å²) in [6.07, 6.45) is 0. The Morgan fingerprint density at radius 1 is 0.150 bits per heavy atom. The molecule has 0 unspecified atom stereocenters. The van der Waals surface area contributed by atoms with Crippen molar-refractivity contribution >= 4 is 0 Å². The first-order chi connectivity index (χ1) is 7.00. The van der Waals surface area contributed by atoms with E-state index < -0.39 is 0 Å². The quantitative estimate of drug-likeness (QED) is 0.417. The molecule has 0 radical (unpaired) electrons. The van der Waals surface area contributed by atoms with Crippen LogP contribution in [0.5, 0.6) is 0 Å². The molecule has 0 aromatic heterocycles. The van der Waals surface area contributed by atoms with E-state index in [1.807, 2.05) is 96.9 Å². The van der Waals surface area contributed by atoms with Gasteiger partial charge in [0.05, 0.1) is 0 Å². The van der Waals surface area contributed by atoms with E-state index in [4.69, 9.17) is 0 Å². The van der Waals surface area contributed by atoms with Crippen LogP contribution in [0.4, 0.5) is 0 Å². The van der Waals surface area contributed by atoms with Crippen molar-refractivity contribution in [3.8, 4) is 0 Å². The summed E-state index contributed by atoms with van der Waals surface area (Å²) in [5, 5.41) is 0. The highest BCUT2D eigenvalue weighted by Crippen LogP contribution is 1.16. The van der Waals surface area contributed by atoms with E-state index >= 15 is 0 Å². The van der Waals surface area contributed by atoms with Crippen LogP contribution < -0.4 is 0 Å². The van der Waals surface area contributed by atoms with Crippen molar-refractivity contribution in [3.05, 3.63) is 0 Å². The third-order valence-electron chi connectivity index (χ3n) is 0. The van der Waals surface area contributed by atoms with E-state index in [1.165, 1.54) is 0 Å². The lowest BCUT2D eigenvalue weighted by Gasteiger charge is -1.07. The molecule has 0 spiro atoms. The van der Waals surface area contributed by atoms with E-state index in [2.05, 4.69) is 0 Å². The molecule has 0 aliphatic heterocycles. The second kappa shape index (κ2) is 0. The minimum Gasteiger partial charge on any atom is -0.0776 e. The standard InChI is InChI=1S/7C2H6.6CH4/c7*1-2;;;;;;/h7*1-2H3;6*1H4. The van der Waals surface area contributed by atoms with Crippen LogP contribution in [-0.4, -0.2) is 0 Å². The smallest absolute Gasteiger partial charge is 0.0683 e. The average molecular weight is 307 g/mol. The van der Waals surface area contributed by atoms with Gasteiger partial charge >= 0.3 is 0 Å². The van der Waals surface area contributed by atoms with Gasteiger partial charge in [-0.25, -0.2) is 0 Å². The molecule has 0 N–H and O–H groups in total. The zero-order valence-corrected chi connectivity index (χ0v) is 14.0. The van der Waals surface area contributed by atoms with E-state index in [9.17, 15) is 0 Å². The number of rotatable bonds is 0. The second-order valence-electron chi connectivity index (χ2n) is 0. The van der Waals surface area contributed by atoms with Crippen molar-refractivity contribution < 1.29 is 0 Å². The van der Waals surface area contributed by atoms with E-state index in [1.54, 1.807) is 0 Å². The van der Waals surface area contributed by atoms with Crippen LogP contribution in [0.2, 0.25) is 0 Å². The molecule has 0 nitrogen and oxygen atoms in total. The summed E-state index contributed by atoms with van der Waals surface area (Å²) >= 11 is 0. The predicted octanol–water partition coefficient (Wildman–Crippen LogP) is 11.0. The predicted molar refractivity (Wildman–Crippen MR) is 120 cm³/mol. The highest BCUT2D eigenvalue weighted by atomic mass is 13.0. The molecule has 0 rings (SSSR count). The average Bonchev–Trinajstić information content (AvgIpc) is 2.45. The maximum Gasteiger partial charge on any atom is -0.0683 e. The number of hydrogen-bond acceptors (Lipinski definition) is 0. The third-order valence-corrected chi connectivity index (χ3v) is 0. The lowest BCUT2D eigenvalue weighted by molar-refractivity contribution is 1.50. The SMILES string of the molecule is C.C.C.C.C.C.CC.CC.CC.CC.CC.CC.CC. The maximum absolute atomic E-state index is 2.00. The Hall–Kier alpha value is 0. The van der Waals surface area contributed by atoms with Crippen molar-refractivity contribution in [1.29, 1.82) is 0 Å². The highest BCUT2D eigenvalue weighted by molar-refractivity contribution is 3.52. The zero-order valence-electron chi connectivity index (χ0n) is 14.0. The summed E-state index contributed by atoms with van der Waals surface area (Å²) in [5.41, 5.74) is 0. The first-order valence-electron chi connectivity index (χ1n) is 7.00. The van der Waals surface area contributed by atoms with Crippen molar-refractivity contribution in [2.45, 2.75) is 141 Å². The summed E-state index contributed by atoms with van der Waals surface area (Å²) < 4.78 is 0. The topological polar surface area (TPSA) is 0 Å². The van der Waals surface area contributed by atoms with Gasteiger partial charge in [-0.3, -0.25) is 0 Å². The molecule has 0 heterocycles. The number of hydrogen-bond donors (Lipinski definition) is 0. The fraction of sp³-hybridized carbons (Fsp3) is 1.00. The van der Waals surface area contributed by atoms with Crippen LogP contribution in [0.3, 0.4) is 0 Å². The van der Waals surface area contributed by atoms with Gasteiger partial charge in [0.1, 0.15) is 0 Å². The Balaban J connectivity index is -0.00000000247. The molecule has 0 aliphatic rings. The molecule has 0 heteroatoms. The van der Waals surface area contributed by atoms with Crippen LogP contribution in [0.25, 0.3) is 0 Å². The minimum atomic E-state index is 0. The first-order valence-corrected chi connectivity index (χ1v) is 7.00. The van der Waals surface area contributed by atoms with Crippen molar-refractivity contribution in [3.63, 3.8) is 0 Å². The molecule has 0 aliphatic carbocycles. The highest BCUT2D eigenvalue weighted by Gasteiger charge is 0.944. The maximum atomic E-state index is 2.00. The lowest BCUT2D eigenvalue weighted by Crippen LogP contribution is -0.856. The van der Waals surface area contributed by atoms with Gasteiger partial charge in [-0.15, -0.1) is 0 Å². The summed E-state index contributed by atoms with van der Waals surface area (Å²) in [5.74, 6) is 0. The van der Waals surface area contributed by atoms with Crippen molar-refractivity contribution in [1.82, 2.24) is 0 Å². The Morgan fingerprint density at radius 3 is 0.150 bits per heavy atom. The van der Waals surface area contributed by atoms with E-state index in [-0.39, 0.29) is 44.6 Å². The molecule has 146 valence electrons. The summed E-state index contributed by atoms with van der Waals surface area (Å²) in [6.45, 7) is 28.0. The monoisotopic (exact) mass is 307 g/mol. The van der Waals surface area contributed by atoms with Gasteiger partial charge in [0, 0.05) is 0 Å². The van der Waals surface area contributed by atoms with Crippen LogP contribution in [0.15, 0.2) is 0 Å². The van der Waals surface area contributed by atoms with Gasteiger partial charge in [0.25, 0.3) is 0 Å². The third kappa shape index (κ3) is 0. The van der Waals surface area contributed by atoms with Crippen LogP contribution >= 0.6 is 0 Å². The molecule has 0 bridgehead atoms. The van der Waals surface area contributed by atoms with Crippen LogP contribution in [-0.2, 0) is 0 Å². The molecule has 20 heavy (non-hydrogen) atoms. The van der Waals surface area contributed by atoms with Gasteiger partial charge in [0.15, 0.2) is 0 Å². The fourth-order valence-electron chi connectivity index (χ4n) is 0. The normalized spacial score (nSPS) is 2.10. The van der Waals surface area contributed by atoms with Gasteiger partial charge in [-0.1, -0.05) is 141 Å². The molecule has 0 aromatic rings. The van der Waals surface area contributed by atoms with E-state index in [0.717, 1.165) is 0 Å². The van der Waals surface area contributed by atoms with Gasteiger partial charge in [-0.05, 0) is 0 Å². The summed E-state index contributed by atoms with van der Waals surface area (Å²) in [7, 11) is 0. The van der Waals surface area contributed by atoms with Gasteiger partial charge < -0.3 is 0 Å². The summed E-state index contributed by atoms with van der Waals surface area (Å²) in [6, 6.07) is 0. The second-order valence-corrected chi connectivity index (χ2v) is 0.